The fraction of sp³-hybridized carbons (Fsp3) is 0.333. The van der Waals surface area contributed by atoms with Crippen LogP contribution in [0, 0.1) is 0 Å². The molecule has 0 aromatic heterocycles. The van der Waals surface area contributed by atoms with Gasteiger partial charge < -0.3 is 0 Å². The second-order valence-corrected chi connectivity index (χ2v) is 2.73. The van der Waals surface area contributed by atoms with E-state index in [1.807, 2.05) is 0 Å². The summed E-state index contributed by atoms with van der Waals surface area (Å²) in [7, 11) is 0. The lowest BCUT2D eigenvalue weighted by atomic mass is 10.00. The summed E-state index contributed by atoms with van der Waals surface area (Å²) in [6, 6.07) is 0. The van der Waals surface area contributed by atoms with Gasteiger partial charge in [-0.05, 0) is 30.9 Å². The van der Waals surface area contributed by atoms with Crippen LogP contribution in [0.15, 0.2) is 45.9 Å². The smallest absolute Gasteiger partial charge is 0.0848 e. The van der Waals surface area contributed by atoms with Gasteiger partial charge in [0.2, 0.25) is 0 Å². The first-order valence-electron chi connectivity index (χ1n) is 3.91. The Morgan fingerprint density at radius 2 is 2.27 bits per heavy atom. The van der Waals surface area contributed by atoms with Crippen molar-refractivity contribution in [2.75, 3.05) is 0 Å². The molecule has 0 fully saturated rings. The zero-order valence-corrected chi connectivity index (χ0v) is 6.33. The van der Waals surface area contributed by atoms with E-state index < -0.39 is 0 Å². The van der Waals surface area contributed by atoms with Crippen molar-refractivity contribution in [1.82, 2.24) is 0 Å². The van der Waals surface area contributed by atoms with E-state index >= 15 is 0 Å². The van der Waals surface area contributed by atoms with Gasteiger partial charge in [-0.25, -0.2) is 0 Å². The molecule has 0 aromatic carbocycles. The molecule has 2 rings (SSSR count). The Kier molecular flexibility index (Phi) is 1.68. The van der Waals surface area contributed by atoms with Crippen LogP contribution in [0.3, 0.4) is 0 Å². The summed E-state index contributed by atoms with van der Waals surface area (Å²) in [5, 5.41) is 7.97. The summed E-state index contributed by atoms with van der Waals surface area (Å²) >= 11 is 0. The maximum absolute atomic E-state index is 4.08. The molecule has 56 valence electrons. The van der Waals surface area contributed by atoms with Crippen molar-refractivity contribution in [3.63, 3.8) is 0 Å². The number of rotatable bonds is 0. The van der Waals surface area contributed by atoms with Gasteiger partial charge in [-0.3, -0.25) is 0 Å². The summed E-state index contributed by atoms with van der Waals surface area (Å²) in [5.41, 5.74) is 2.49. The van der Waals surface area contributed by atoms with Crippen molar-refractivity contribution < 1.29 is 0 Å². The minimum Gasteiger partial charge on any atom is -0.159 e. The minimum atomic E-state index is 1.02. The van der Waals surface area contributed by atoms with E-state index in [0.717, 1.165) is 25.0 Å². The highest BCUT2D eigenvalue weighted by molar-refractivity contribution is 5.30. The summed E-state index contributed by atoms with van der Waals surface area (Å²) in [6.07, 6.45) is 11.4. The SMILES string of the molecule is C1=CC2=C(CC=CN=N2)CC1. The van der Waals surface area contributed by atoms with E-state index in [4.69, 9.17) is 0 Å². The van der Waals surface area contributed by atoms with E-state index in [0.29, 0.717) is 0 Å². The van der Waals surface area contributed by atoms with Crippen LogP contribution in [0.25, 0.3) is 0 Å². The molecule has 0 unspecified atom stereocenters. The highest BCUT2D eigenvalue weighted by Gasteiger charge is 2.07. The average molecular weight is 146 g/mol. The Labute approximate surface area is 66.0 Å². The molecule has 0 N–H and O–H groups in total. The second kappa shape index (κ2) is 2.82. The Balaban J connectivity index is 2.34. The third-order valence-electron chi connectivity index (χ3n) is 1.95. The van der Waals surface area contributed by atoms with Crippen molar-refractivity contribution >= 4 is 0 Å². The predicted octanol–water partition coefficient (Wildman–Crippen LogP) is 2.96. The molecule has 0 bridgehead atoms. The van der Waals surface area contributed by atoms with Gasteiger partial charge in [0.25, 0.3) is 0 Å². The molecule has 2 nitrogen and oxygen atoms in total. The summed E-state index contributed by atoms with van der Waals surface area (Å²) in [5.74, 6) is 0. The minimum absolute atomic E-state index is 1.02. The normalized spacial score (nSPS) is 21.8. The van der Waals surface area contributed by atoms with Crippen molar-refractivity contribution in [2.24, 2.45) is 10.2 Å². The van der Waals surface area contributed by atoms with Crippen molar-refractivity contribution in [3.05, 3.63) is 35.7 Å². The summed E-state index contributed by atoms with van der Waals surface area (Å²) in [4.78, 5) is 0. The van der Waals surface area contributed by atoms with Crippen LogP contribution in [0.2, 0.25) is 0 Å². The van der Waals surface area contributed by atoms with Crippen LogP contribution in [0.5, 0.6) is 0 Å². The molecule has 1 aliphatic heterocycles. The molecular weight excluding hydrogens is 136 g/mol. The van der Waals surface area contributed by atoms with Crippen molar-refractivity contribution in [1.29, 1.82) is 0 Å². The molecule has 1 heterocycles. The lowest BCUT2D eigenvalue weighted by Crippen LogP contribution is -1.90. The molecule has 2 aliphatic rings. The topological polar surface area (TPSA) is 24.7 Å². The lowest BCUT2D eigenvalue weighted by Gasteiger charge is -2.08. The van der Waals surface area contributed by atoms with Crippen molar-refractivity contribution in [3.8, 4) is 0 Å². The standard InChI is InChI=1S/C9H10N2/c1-2-6-9-8(4-1)5-3-7-10-11-9/h2-3,6-7H,1,4-5H2. The molecule has 0 saturated heterocycles. The summed E-state index contributed by atoms with van der Waals surface area (Å²) < 4.78 is 0. The van der Waals surface area contributed by atoms with Gasteiger partial charge in [-0.1, -0.05) is 12.2 Å². The molecule has 0 aromatic rings. The van der Waals surface area contributed by atoms with Gasteiger partial charge in [0.05, 0.1) is 5.70 Å². The van der Waals surface area contributed by atoms with E-state index in [2.05, 4.69) is 28.5 Å². The number of azo groups is 1. The fourth-order valence-electron chi connectivity index (χ4n) is 1.35. The Hall–Kier alpha value is -1.18. The third-order valence-corrected chi connectivity index (χ3v) is 1.95. The largest absolute Gasteiger partial charge is 0.159 e. The fourth-order valence-corrected chi connectivity index (χ4v) is 1.35. The number of hydrogen-bond acceptors (Lipinski definition) is 2. The zero-order valence-electron chi connectivity index (χ0n) is 6.33. The van der Waals surface area contributed by atoms with Gasteiger partial charge in [0.1, 0.15) is 0 Å². The second-order valence-electron chi connectivity index (χ2n) is 2.73. The molecule has 0 saturated carbocycles. The van der Waals surface area contributed by atoms with E-state index in [-0.39, 0.29) is 0 Å². The van der Waals surface area contributed by atoms with Crippen molar-refractivity contribution in [2.45, 2.75) is 19.3 Å². The Morgan fingerprint density at radius 1 is 1.27 bits per heavy atom. The van der Waals surface area contributed by atoms with Crippen LogP contribution in [0.4, 0.5) is 0 Å². The Morgan fingerprint density at radius 3 is 3.27 bits per heavy atom. The molecule has 0 amide bonds. The van der Waals surface area contributed by atoms with Crippen LogP contribution >= 0.6 is 0 Å². The van der Waals surface area contributed by atoms with Crippen LogP contribution in [-0.4, -0.2) is 0 Å². The van der Waals surface area contributed by atoms with Gasteiger partial charge in [0, 0.05) is 6.20 Å². The van der Waals surface area contributed by atoms with Crippen LogP contribution in [0.1, 0.15) is 19.3 Å². The lowest BCUT2D eigenvalue weighted by molar-refractivity contribution is 0.896. The first-order valence-corrected chi connectivity index (χ1v) is 3.91. The van der Waals surface area contributed by atoms with Gasteiger partial charge in [0.15, 0.2) is 0 Å². The molecule has 0 spiro atoms. The predicted molar refractivity (Wildman–Crippen MR) is 44.0 cm³/mol. The monoisotopic (exact) mass is 146 g/mol. The molecule has 1 aliphatic carbocycles. The maximum Gasteiger partial charge on any atom is 0.0848 e. The molecule has 11 heavy (non-hydrogen) atoms. The van der Waals surface area contributed by atoms with Gasteiger partial charge in [-0.15, -0.1) is 0 Å². The zero-order chi connectivity index (χ0) is 7.52. The quantitative estimate of drug-likeness (QED) is 0.502. The van der Waals surface area contributed by atoms with E-state index in [1.54, 1.807) is 6.20 Å². The van der Waals surface area contributed by atoms with Gasteiger partial charge in [-0.2, -0.15) is 10.2 Å². The van der Waals surface area contributed by atoms with Crippen LogP contribution in [-0.2, 0) is 0 Å². The summed E-state index contributed by atoms with van der Waals surface area (Å²) in [6.45, 7) is 0. The average Bonchev–Trinajstić information content (AvgIpc) is 2.28. The molecule has 0 atom stereocenters. The van der Waals surface area contributed by atoms with Crippen LogP contribution < -0.4 is 0 Å². The maximum atomic E-state index is 4.08. The first-order chi connectivity index (χ1) is 5.47. The first kappa shape index (κ1) is 6.53. The highest BCUT2D eigenvalue weighted by Crippen LogP contribution is 2.24. The molecule has 2 heteroatoms. The number of hydrogen-bond donors (Lipinski definition) is 0. The Bertz CT molecular complexity index is 269. The molecular formula is C9H10N2. The van der Waals surface area contributed by atoms with E-state index in [1.165, 1.54) is 5.57 Å². The number of allylic oxidation sites excluding steroid dienone is 4. The highest BCUT2D eigenvalue weighted by atomic mass is 15.1. The molecule has 0 radical (unpaired) electrons. The van der Waals surface area contributed by atoms with Gasteiger partial charge >= 0.3 is 0 Å². The number of nitrogens with zero attached hydrogens (tertiary/aromatic N) is 2. The van der Waals surface area contributed by atoms with E-state index in [9.17, 15) is 0 Å². The third kappa shape index (κ3) is 1.29.